The molecule has 0 spiro atoms. The summed E-state index contributed by atoms with van der Waals surface area (Å²) in [6.45, 7) is 0. The summed E-state index contributed by atoms with van der Waals surface area (Å²) in [6.07, 6.45) is 3.06. The number of aromatic carboxylic acids is 2. The van der Waals surface area contributed by atoms with E-state index in [9.17, 15) is 14.7 Å². The molecule has 6 nitrogen and oxygen atoms in total. The van der Waals surface area contributed by atoms with Gasteiger partial charge in [0.25, 0.3) is 0 Å². The minimum Gasteiger partial charge on any atom is -0.478 e. The molecule has 1 aromatic carbocycles. The quantitative estimate of drug-likeness (QED) is 0.769. The lowest BCUT2D eigenvalue weighted by Gasteiger charge is -2.01. The van der Waals surface area contributed by atoms with Crippen LogP contribution in [-0.4, -0.2) is 31.5 Å². The number of hydrogen-bond acceptors (Lipinski definition) is 3. The number of pyridine rings is 1. The molecule has 0 atom stereocenters. The van der Waals surface area contributed by atoms with Crippen LogP contribution in [-0.2, 0) is 0 Å². The largest absolute Gasteiger partial charge is 0.478 e. The molecule has 0 amide bonds. The molecule has 0 saturated carbocycles. The first-order valence-corrected chi connectivity index (χ1v) is 6.11. The van der Waals surface area contributed by atoms with Crippen LogP contribution in [0.5, 0.6) is 0 Å². The van der Waals surface area contributed by atoms with Crippen LogP contribution >= 0.6 is 0 Å². The average molecular weight is 282 g/mol. The molecule has 0 saturated heterocycles. The van der Waals surface area contributed by atoms with E-state index in [1.165, 1.54) is 18.3 Å². The van der Waals surface area contributed by atoms with Crippen LogP contribution in [0.15, 0.2) is 48.8 Å². The summed E-state index contributed by atoms with van der Waals surface area (Å²) in [7, 11) is 0. The number of fused-ring (bicyclic) bond motifs is 1. The van der Waals surface area contributed by atoms with Crippen molar-refractivity contribution in [1.82, 2.24) is 9.38 Å². The van der Waals surface area contributed by atoms with E-state index in [2.05, 4.69) is 4.98 Å². The Morgan fingerprint density at radius 1 is 0.952 bits per heavy atom. The van der Waals surface area contributed by atoms with E-state index in [0.29, 0.717) is 16.9 Å². The van der Waals surface area contributed by atoms with E-state index < -0.39 is 11.9 Å². The maximum Gasteiger partial charge on any atom is 0.337 e. The van der Waals surface area contributed by atoms with Crippen molar-refractivity contribution in [3.8, 4) is 11.3 Å². The molecular formula is C15H10N2O4. The monoisotopic (exact) mass is 282 g/mol. The highest BCUT2D eigenvalue weighted by molar-refractivity contribution is 5.95. The third-order valence-corrected chi connectivity index (χ3v) is 3.13. The molecule has 0 fully saturated rings. The molecule has 0 radical (unpaired) electrons. The number of carboxylic acids is 2. The van der Waals surface area contributed by atoms with Gasteiger partial charge in [0.05, 0.1) is 16.8 Å². The summed E-state index contributed by atoms with van der Waals surface area (Å²) in [6, 6.07) is 9.58. The van der Waals surface area contributed by atoms with Crippen molar-refractivity contribution in [3.05, 3.63) is 59.9 Å². The molecule has 2 N–H and O–H groups in total. The predicted octanol–water partition coefficient (Wildman–Crippen LogP) is 2.40. The molecule has 0 aliphatic heterocycles. The van der Waals surface area contributed by atoms with Crippen molar-refractivity contribution in [3.63, 3.8) is 0 Å². The third kappa shape index (κ3) is 2.23. The van der Waals surface area contributed by atoms with Crippen LogP contribution in [0.1, 0.15) is 20.7 Å². The topological polar surface area (TPSA) is 91.9 Å². The highest BCUT2D eigenvalue weighted by atomic mass is 16.4. The van der Waals surface area contributed by atoms with E-state index in [1.54, 1.807) is 34.9 Å². The summed E-state index contributed by atoms with van der Waals surface area (Å²) in [5.74, 6) is -2.06. The fraction of sp³-hybridized carbons (Fsp3) is 0. The van der Waals surface area contributed by atoms with Gasteiger partial charge in [-0.2, -0.15) is 0 Å². The minimum absolute atomic E-state index is 0.137. The minimum atomic E-state index is -1.03. The zero-order valence-corrected chi connectivity index (χ0v) is 10.7. The second-order valence-corrected chi connectivity index (χ2v) is 4.47. The van der Waals surface area contributed by atoms with Gasteiger partial charge in [0.15, 0.2) is 0 Å². The average Bonchev–Trinajstić information content (AvgIpc) is 2.89. The SMILES string of the molecule is O=C(O)c1ccc2nc(-c3ccccc3C(=O)O)cn2c1. The number of carbonyl (C=O) groups is 2. The van der Waals surface area contributed by atoms with Gasteiger partial charge in [0.1, 0.15) is 5.65 Å². The van der Waals surface area contributed by atoms with E-state index in [0.717, 1.165) is 0 Å². The summed E-state index contributed by atoms with van der Waals surface area (Å²) in [5, 5.41) is 18.2. The number of imidazole rings is 1. The molecular weight excluding hydrogens is 272 g/mol. The lowest BCUT2D eigenvalue weighted by atomic mass is 10.1. The van der Waals surface area contributed by atoms with Gasteiger partial charge < -0.3 is 14.6 Å². The Balaban J connectivity index is 2.18. The molecule has 0 aliphatic carbocycles. The lowest BCUT2D eigenvalue weighted by Crippen LogP contribution is -1.98. The molecule has 104 valence electrons. The highest BCUT2D eigenvalue weighted by Gasteiger charge is 2.14. The molecule has 0 unspecified atom stereocenters. The van der Waals surface area contributed by atoms with Gasteiger partial charge in [-0.3, -0.25) is 0 Å². The van der Waals surface area contributed by atoms with Gasteiger partial charge in [-0.05, 0) is 18.2 Å². The van der Waals surface area contributed by atoms with Crippen molar-refractivity contribution in [2.45, 2.75) is 0 Å². The van der Waals surface area contributed by atoms with Crippen LogP contribution < -0.4 is 0 Å². The van der Waals surface area contributed by atoms with Crippen LogP contribution in [0.2, 0.25) is 0 Å². The zero-order valence-electron chi connectivity index (χ0n) is 10.7. The first-order valence-electron chi connectivity index (χ1n) is 6.11. The van der Waals surface area contributed by atoms with E-state index in [1.807, 2.05) is 0 Å². The van der Waals surface area contributed by atoms with Crippen molar-refractivity contribution in [2.75, 3.05) is 0 Å². The zero-order chi connectivity index (χ0) is 15.0. The van der Waals surface area contributed by atoms with Crippen molar-refractivity contribution < 1.29 is 19.8 Å². The first-order chi connectivity index (χ1) is 10.1. The second kappa shape index (κ2) is 4.75. The maximum absolute atomic E-state index is 11.2. The van der Waals surface area contributed by atoms with Gasteiger partial charge in [0, 0.05) is 18.0 Å². The Hall–Kier alpha value is -3.15. The number of hydrogen-bond donors (Lipinski definition) is 2. The van der Waals surface area contributed by atoms with Crippen molar-refractivity contribution in [1.29, 1.82) is 0 Å². The Morgan fingerprint density at radius 3 is 2.43 bits per heavy atom. The molecule has 2 aromatic heterocycles. The molecule has 2 heterocycles. The summed E-state index contributed by atoms with van der Waals surface area (Å²) < 4.78 is 1.57. The number of rotatable bonds is 3. The smallest absolute Gasteiger partial charge is 0.337 e. The van der Waals surface area contributed by atoms with Gasteiger partial charge in [0.2, 0.25) is 0 Å². The van der Waals surface area contributed by atoms with Crippen LogP contribution in [0.3, 0.4) is 0 Å². The highest BCUT2D eigenvalue weighted by Crippen LogP contribution is 2.23. The number of nitrogens with zero attached hydrogens (tertiary/aromatic N) is 2. The van der Waals surface area contributed by atoms with Gasteiger partial charge in [-0.15, -0.1) is 0 Å². The maximum atomic E-state index is 11.2. The molecule has 21 heavy (non-hydrogen) atoms. The van der Waals surface area contributed by atoms with Crippen molar-refractivity contribution in [2.24, 2.45) is 0 Å². The van der Waals surface area contributed by atoms with Crippen molar-refractivity contribution >= 4 is 17.6 Å². The number of benzene rings is 1. The third-order valence-electron chi connectivity index (χ3n) is 3.13. The van der Waals surface area contributed by atoms with Gasteiger partial charge in [-0.1, -0.05) is 18.2 Å². The van der Waals surface area contributed by atoms with Crippen LogP contribution in [0.4, 0.5) is 0 Å². The van der Waals surface area contributed by atoms with Crippen LogP contribution in [0.25, 0.3) is 16.9 Å². The molecule has 3 aromatic rings. The standard InChI is InChI=1S/C15H10N2O4/c18-14(19)9-5-6-13-16-12(8-17(13)7-9)10-3-1-2-4-11(10)15(20)21/h1-8H,(H,18,19)(H,20,21). The summed E-state index contributed by atoms with van der Waals surface area (Å²) >= 11 is 0. The Bertz CT molecular complexity index is 867. The number of carboxylic acid groups (broad SMARTS) is 2. The van der Waals surface area contributed by atoms with E-state index >= 15 is 0 Å². The van der Waals surface area contributed by atoms with Gasteiger partial charge >= 0.3 is 11.9 Å². The normalized spacial score (nSPS) is 10.7. The number of aromatic nitrogens is 2. The summed E-state index contributed by atoms with van der Waals surface area (Å²) in [5.41, 5.74) is 1.81. The molecule has 0 aliphatic rings. The van der Waals surface area contributed by atoms with Crippen LogP contribution in [0, 0.1) is 0 Å². The molecule has 6 heteroatoms. The van der Waals surface area contributed by atoms with E-state index in [4.69, 9.17) is 5.11 Å². The Labute approximate surface area is 118 Å². The van der Waals surface area contributed by atoms with Gasteiger partial charge in [-0.25, -0.2) is 14.6 Å². The lowest BCUT2D eigenvalue weighted by molar-refractivity contribution is 0.0686. The fourth-order valence-corrected chi connectivity index (χ4v) is 2.14. The fourth-order valence-electron chi connectivity index (χ4n) is 2.14. The first kappa shape index (κ1) is 12.9. The molecule has 3 rings (SSSR count). The predicted molar refractivity (Wildman–Crippen MR) is 74.5 cm³/mol. The Morgan fingerprint density at radius 2 is 1.71 bits per heavy atom. The Kier molecular flexibility index (Phi) is 2.91. The summed E-state index contributed by atoms with van der Waals surface area (Å²) in [4.78, 5) is 26.5. The second-order valence-electron chi connectivity index (χ2n) is 4.47. The molecule has 0 bridgehead atoms. The van der Waals surface area contributed by atoms with E-state index in [-0.39, 0.29) is 11.1 Å².